The number of aromatic amines is 2. The quantitative estimate of drug-likeness (QED) is 0.319. The predicted molar refractivity (Wildman–Crippen MR) is 140 cm³/mol. The number of fused-ring (bicyclic) bond motifs is 2. The van der Waals surface area contributed by atoms with Gasteiger partial charge in [0.05, 0.1) is 16.6 Å². The van der Waals surface area contributed by atoms with Crippen LogP contribution in [0.2, 0.25) is 0 Å². The number of benzene rings is 1. The molecule has 0 spiro atoms. The number of likely N-dealkylation sites (tertiary alicyclic amines) is 1. The van der Waals surface area contributed by atoms with Gasteiger partial charge in [-0.25, -0.2) is 18.7 Å². The lowest BCUT2D eigenvalue weighted by molar-refractivity contribution is 0.331. The Balaban J connectivity index is 1.31. The van der Waals surface area contributed by atoms with Crippen molar-refractivity contribution in [3.8, 4) is 33.9 Å². The van der Waals surface area contributed by atoms with Crippen LogP contribution >= 0.6 is 0 Å². The predicted octanol–water partition coefficient (Wildman–Crippen LogP) is 5.50. The van der Waals surface area contributed by atoms with E-state index in [0.29, 0.717) is 45.0 Å². The second kappa shape index (κ2) is 9.07. The fraction of sp³-hybridized carbons (Fsp3) is 0.179. The molecule has 1 fully saturated rings. The summed E-state index contributed by atoms with van der Waals surface area (Å²) in [6, 6.07) is 9.81. The third kappa shape index (κ3) is 3.90. The number of aromatic nitrogens is 7. The fourth-order valence-electron chi connectivity index (χ4n) is 5.11. The molecule has 0 saturated carbocycles. The number of hydrogen-bond acceptors (Lipinski definition) is 6. The maximum atomic E-state index is 16.1. The highest BCUT2D eigenvalue weighted by Gasteiger charge is 2.22. The van der Waals surface area contributed by atoms with Crippen molar-refractivity contribution in [3.63, 3.8) is 0 Å². The number of hydrogen-bond donors (Lipinski definition) is 2. The molecule has 6 aromatic rings. The SMILES string of the molecule is Fc1ccc(-c2nccc3[nH]c(-c4n[nH]c5ncc(-c6cncc(CN7CCCC7)c6)c(F)c45)nc23)cc1. The Morgan fingerprint density at radius 3 is 2.58 bits per heavy atom. The van der Waals surface area contributed by atoms with Crippen molar-refractivity contribution in [2.45, 2.75) is 19.4 Å². The number of imidazole rings is 1. The lowest BCUT2D eigenvalue weighted by atomic mass is 10.0. The minimum atomic E-state index is -0.448. The summed E-state index contributed by atoms with van der Waals surface area (Å²) in [6.07, 6.45) is 9.04. The third-order valence-corrected chi connectivity index (χ3v) is 6.98. The van der Waals surface area contributed by atoms with E-state index in [0.717, 1.165) is 30.8 Å². The van der Waals surface area contributed by atoms with E-state index in [1.165, 1.54) is 31.2 Å². The zero-order chi connectivity index (χ0) is 25.6. The van der Waals surface area contributed by atoms with Crippen LogP contribution in [0.1, 0.15) is 18.4 Å². The Bertz CT molecular complexity index is 1780. The first-order valence-electron chi connectivity index (χ1n) is 12.4. The molecule has 0 amide bonds. The molecule has 8 nitrogen and oxygen atoms in total. The van der Waals surface area contributed by atoms with E-state index < -0.39 is 5.82 Å². The average Bonchev–Trinajstić information content (AvgIpc) is 3.69. The fourth-order valence-corrected chi connectivity index (χ4v) is 5.11. The molecule has 0 radical (unpaired) electrons. The van der Waals surface area contributed by atoms with Gasteiger partial charge in [0.2, 0.25) is 0 Å². The normalized spacial score (nSPS) is 14.2. The summed E-state index contributed by atoms with van der Waals surface area (Å²) in [5, 5.41) is 7.40. The van der Waals surface area contributed by atoms with Gasteiger partial charge in [-0.2, -0.15) is 5.10 Å². The average molecular weight is 509 g/mol. The number of nitrogens with zero attached hydrogens (tertiary/aromatic N) is 6. The van der Waals surface area contributed by atoms with Crippen molar-refractivity contribution < 1.29 is 8.78 Å². The zero-order valence-electron chi connectivity index (χ0n) is 20.2. The molecule has 2 N–H and O–H groups in total. The standard InChI is InChI=1S/C28H22F2N8/c29-19-5-3-17(4-6-19)24-25-21(7-8-32-24)34-28(35-25)26-22-23(30)20(14-33-27(22)37-36-26)18-11-16(12-31-13-18)15-38-9-1-2-10-38/h3-8,11-14H,1-2,9-10,15H2,(H,34,35)(H,33,36,37). The largest absolute Gasteiger partial charge is 0.336 e. The Morgan fingerprint density at radius 1 is 0.895 bits per heavy atom. The highest BCUT2D eigenvalue weighted by atomic mass is 19.1. The van der Waals surface area contributed by atoms with Gasteiger partial charge in [0.1, 0.15) is 22.8 Å². The highest BCUT2D eigenvalue weighted by molar-refractivity contribution is 5.96. The molecule has 0 bridgehead atoms. The van der Waals surface area contributed by atoms with Crippen LogP contribution in [0.3, 0.4) is 0 Å². The van der Waals surface area contributed by atoms with Gasteiger partial charge in [-0.3, -0.25) is 20.0 Å². The Morgan fingerprint density at radius 2 is 1.74 bits per heavy atom. The summed E-state index contributed by atoms with van der Waals surface area (Å²) < 4.78 is 29.5. The van der Waals surface area contributed by atoms with Crippen LogP contribution < -0.4 is 0 Å². The number of halogens is 2. The molecular formula is C28H22F2N8. The van der Waals surface area contributed by atoms with Crippen LogP contribution in [0, 0.1) is 11.6 Å². The van der Waals surface area contributed by atoms with E-state index in [2.05, 4.69) is 35.0 Å². The van der Waals surface area contributed by atoms with Gasteiger partial charge in [-0.1, -0.05) is 0 Å². The molecule has 6 heterocycles. The van der Waals surface area contributed by atoms with Gasteiger partial charge in [0.25, 0.3) is 0 Å². The lowest BCUT2D eigenvalue weighted by Gasteiger charge is -2.15. The molecule has 1 aromatic carbocycles. The number of H-pyrrole nitrogens is 2. The molecule has 7 rings (SSSR count). The molecule has 1 aliphatic heterocycles. The van der Waals surface area contributed by atoms with E-state index in [1.54, 1.807) is 30.6 Å². The van der Waals surface area contributed by atoms with E-state index in [1.807, 2.05) is 12.3 Å². The van der Waals surface area contributed by atoms with Gasteiger partial charge in [0, 0.05) is 48.0 Å². The van der Waals surface area contributed by atoms with Gasteiger partial charge in [-0.05, 0) is 67.9 Å². The van der Waals surface area contributed by atoms with E-state index in [9.17, 15) is 4.39 Å². The third-order valence-electron chi connectivity index (χ3n) is 6.98. The zero-order valence-corrected chi connectivity index (χ0v) is 20.2. The molecule has 1 saturated heterocycles. The van der Waals surface area contributed by atoms with Crippen molar-refractivity contribution in [2.75, 3.05) is 13.1 Å². The molecule has 0 aliphatic carbocycles. The van der Waals surface area contributed by atoms with E-state index in [-0.39, 0.29) is 11.2 Å². The summed E-state index contributed by atoms with van der Waals surface area (Å²) in [4.78, 5) is 23.6. The molecule has 0 atom stereocenters. The minimum Gasteiger partial charge on any atom is -0.336 e. The lowest BCUT2D eigenvalue weighted by Crippen LogP contribution is -2.18. The van der Waals surface area contributed by atoms with Crippen LogP contribution in [0.4, 0.5) is 8.78 Å². The number of rotatable bonds is 5. The van der Waals surface area contributed by atoms with Crippen molar-refractivity contribution in [3.05, 3.63) is 78.4 Å². The van der Waals surface area contributed by atoms with Gasteiger partial charge in [-0.15, -0.1) is 0 Å². The molecule has 0 unspecified atom stereocenters. The van der Waals surface area contributed by atoms with Gasteiger partial charge >= 0.3 is 0 Å². The first-order chi connectivity index (χ1) is 18.6. The topological polar surface area (TPSA) is 99.3 Å². The first kappa shape index (κ1) is 22.6. The van der Waals surface area contributed by atoms with E-state index >= 15 is 4.39 Å². The Kier molecular flexibility index (Phi) is 5.40. The van der Waals surface area contributed by atoms with Gasteiger partial charge in [0.15, 0.2) is 11.5 Å². The smallest absolute Gasteiger partial charge is 0.159 e. The van der Waals surface area contributed by atoms with Crippen LogP contribution in [0.25, 0.3) is 56.0 Å². The van der Waals surface area contributed by atoms with Crippen LogP contribution in [0.5, 0.6) is 0 Å². The minimum absolute atomic E-state index is 0.239. The van der Waals surface area contributed by atoms with Crippen molar-refractivity contribution in [2.24, 2.45) is 0 Å². The molecule has 188 valence electrons. The maximum Gasteiger partial charge on any atom is 0.159 e. The molecule has 1 aliphatic rings. The maximum absolute atomic E-state index is 16.1. The second-order valence-corrected chi connectivity index (χ2v) is 9.49. The number of pyridine rings is 3. The first-order valence-corrected chi connectivity index (χ1v) is 12.4. The molecule has 10 heteroatoms. The summed E-state index contributed by atoms with van der Waals surface area (Å²) in [7, 11) is 0. The Labute approximate surface area is 215 Å². The van der Waals surface area contributed by atoms with Crippen molar-refractivity contribution in [1.29, 1.82) is 0 Å². The van der Waals surface area contributed by atoms with Gasteiger partial charge < -0.3 is 4.98 Å². The van der Waals surface area contributed by atoms with Crippen LogP contribution in [-0.4, -0.2) is 53.1 Å². The molecule has 38 heavy (non-hydrogen) atoms. The van der Waals surface area contributed by atoms with E-state index in [4.69, 9.17) is 4.98 Å². The van der Waals surface area contributed by atoms with Crippen LogP contribution in [-0.2, 0) is 6.54 Å². The Hall–Kier alpha value is -4.57. The summed E-state index contributed by atoms with van der Waals surface area (Å²) >= 11 is 0. The molecular weight excluding hydrogens is 486 g/mol. The summed E-state index contributed by atoms with van der Waals surface area (Å²) in [6.45, 7) is 2.93. The monoisotopic (exact) mass is 508 g/mol. The van der Waals surface area contributed by atoms with Crippen LogP contribution in [0.15, 0.2) is 61.2 Å². The van der Waals surface area contributed by atoms with Crippen molar-refractivity contribution in [1.82, 2.24) is 40.0 Å². The summed E-state index contributed by atoms with van der Waals surface area (Å²) in [5.74, 6) is -0.403. The molecule has 5 aromatic heterocycles. The second-order valence-electron chi connectivity index (χ2n) is 9.49. The number of nitrogens with one attached hydrogen (secondary N) is 2. The highest BCUT2D eigenvalue weighted by Crippen LogP contribution is 2.34. The summed E-state index contributed by atoms with van der Waals surface area (Å²) in [5.41, 5.74) is 5.27. The van der Waals surface area contributed by atoms with Crippen molar-refractivity contribution >= 4 is 22.1 Å².